The van der Waals surface area contributed by atoms with Crippen molar-refractivity contribution in [2.24, 2.45) is 33.3 Å². The van der Waals surface area contributed by atoms with Gasteiger partial charge in [0.2, 0.25) is 0 Å². The second-order valence-corrected chi connectivity index (χ2v) is 11.9. The van der Waals surface area contributed by atoms with Gasteiger partial charge >= 0.3 is 0 Å². The Morgan fingerprint density at radius 3 is 2.50 bits per heavy atom. The maximum Gasteiger partial charge on any atom is 0.191 e. The summed E-state index contributed by atoms with van der Waals surface area (Å²) in [5.41, 5.74) is 12.9. The van der Waals surface area contributed by atoms with Crippen LogP contribution in [-0.2, 0) is 0 Å². The molecule has 34 heavy (non-hydrogen) atoms. The molecule has 4 N–H and O–H groups in total. The standard InChI is InChI=1S/C27H51N7/c1-4-9-22-17-33(27(29)31-22)25(15-21-10-6-5-7-11-21)18-32-13-8-12-23(32)19-34-24(14-20(2)3)16-30-26(34)28/h20-25H,4-19H2,1-3H3,(H2,28,30)(H2,29,31)/t22?,23-,24+,25+/m0/s1. The van der Waals surface area contributed by atoms with E-state index in [1.807, 2.05) is 0 Å². The number of hydrogen-bond acceptors (Lipinski definition) is 7. The molecule has 7 heteroatoms. The highest BCUT2D eigenvalue weighted by Gasteiger charge is 2.37. The van der Waals surface area contributed by atoms with Gasteiger partial charge in [-0.05, 0) is 50.5 Å². The normalized spacial score (nSPS) is 29.8. The van der Waals surface area contributed by atoms with Crippen LogP contribution in [0.2, 0.25) is 0 Å². The molecule has 3 aliphatic heterocycles. The summed E-state index contributed by atoms with van der Waals surface area (Å²) in [7, 11) is 0. The molecule has 0 amide bonds. The summed E-state index contributed by atoms with van der Waals surface area (Å²) in [6, 6.07) is 1.88. The third-order valence-electron chi connectivity index (χ3n) is 8.70. The molecule has 194 valence electrons. The van der Waals surface area contributed by atoms with E-state index in [-0.39, 0.29) is 0 Å². The second-order valence-electron chi connectivity index (χ2n) is 11.9. The van der Waals surface area contributed by atoms with Crippen LogP contribution in [0.3, 0.4) is 0 Å². The smallest absolute Gasteiger partial charge is 0.191 e. The van der Waals surface area contributed by atoms with Gasteiger partial charge in [0, 0.05) is 31.7 Å². The largest absolute Gasteiger partial charge is 0.370 e. The van der Waals surface area contributed by atoms with E-state index in [1.54, 1.807) is 0 Å². The number of hydrogen-bond donors (Lipinski definition) is 2. The topological polar surface area (TPSA) is 86.5 Å². The Bertz CT molecular complexity index is 699. The highest BCUT2D eigenvalue weighted by molar-refractivity contribution is 5.80. The highest BCUT2D eigenvalue weighted by atomic mass is 15.4. The van der Waals surface area contributed by atoms with E-state index in [1.165, 1.54) is 70.8 Å². The van der Waals surface area contributed by atoms with Crippen molar-refractivity contribution in [1.29, 1.82) is 0 Å². The number of nitrogens with zero attached hydrogens (tertiary/aromatic N) is 5. The maximum atomic E-state index is 6.55. The molecule has 1 saturated heterocycles. The van der Waals surface area contributed by atoms with Crippen LogP contribution in [0.5, 0.6) is 0 Å². The number of aliphatic imine (C=N–C) groups is 2. The van der Waals surface area contributed by atoms with E-state index in [0.29, 0.717) is 30.1 Å². The van der Waals surface area contributed by atoms with Crippen molar-refractivity contribution in [1.82, 2.24) is 14.7 Å². The first-order valence-electron chi connectivity index (χ1n) is 14.3. The number of guanidine groups is 2. The minimum atomic E-state index is 0.380. The molecule has 1 unspecified atom stereocenters. The van der Waals surface area contributed by atoms with Crippen molar-refractivity contribution in [3.05, 3.63) is 0 Å². The molecule has 1 aliphatic carbocycles. The van der Waals surface area contributed by atoms with Crippen molar-refractivity contribution in [3.8, 4) is 0 Å². The average Bonchev–Trinajstić information content (AvgIpc) is 3.49. The summed E-state index contributed by atoms with van der Waals surface area (Å²) in [5, 5.41) is 0. The Morgan fingerprint density at radius 2 is 1.76 bits per heavy atom. The van der Waals surface area contributed by atoms with E-state index in [0.717, 1.165) is 50.4 Å². The fourth-order valence-electron chi connectivity index (χ4n) is 6.96. The molecule has 0 radical (unpaired) electrons. The van der Waals surface area contributed by atoms with Crippen molar-refractivity contribution in [2.45, 2.75) is 116 Å². The second kappa shape index (κ2) is 12.0. The molecule has 2 fully saturated rings. The molecule has 4 rings (SSSR count). The molecule has 0 aromatic rings. The highest BCUT2D eigenvalue weighted by Crippen LogP contribution is 2.31. The number of rotatable bonds is 11. The lowest BCUT2D eigenvalue weighted by Crippen LogP contribution is -2.53. The van der Waals surface area contributed by atoms with Crippen molar-refractivity contribution < 1.29 is 0 Å². The van der Waals surface area contributed by atoms with Gasteiger partial charge < -0.3 is 21.3 Å². The molecule has 0 bridgehead atoms. The fraction of sp³-hybridized carbons (Fsp3) is 0.926. The summed E-state index contributed by atoms with van der Waals surface area (Å²) in [4.78, 5) is 17.1. The van der Waals surface area contributed by atoms with Crippen LogP contribution < -0.4 is 11.5 Å². The molecule has 4 atom stereocenters. The fourth-order valence-corrected chi connectivity index (χ4v) is 6.96. The first-order valence-corrected chi connectivity index (χ1v) is 14.3. The molecule has 0 aromatic carbocycles. The lowest BCUT2D eigenvalue weighted by molar-refractivity contribution is 0.134. The first-order chi connectivity index (χ1) is 16.4. The molecule has 3 heterocycles. The van der Waals surface area contributed by atoms with Gasteiger partial charge in [0.05, 0.1) is 18.6 Å². The summed E-state index contributed by atoms with van der Waals surface area (Å²) in [6.07, 6.45) is 14.3. The van der Waals surface area contributed by atoms with Gasteiger partial charge in [0.15, 0.2) is 11.9 Å². The molecule has 0 aromatic heterocycles. The maximum absolute atomic E-state index is 6.55. The predicted molar refractivity (Wildman–Crippen MR) is 143 cm³/mol. The van der Waals surface area contributed by atoms with Gasteiger partial charge in [-0.25, -0.2) is 4.99 Å². The SMILES string of the molecule is CCCC1CN([C@H](CC2CCCCC2)CN2CCC[C@H]2CN2C(N)=NC[C@H]2CC(C)C)C(N)=N1. The molecular formula is C27H51N7. The van der Waals surface area contributed by atoms with E-state index in [2.05, 4.69) is 40.5 Å². The average molecular weight is 474 g/mol. The van der Waals surface area contributed by atoms with Gasteiger partial charge in [-0.2, -0.15) is 0 Å². The third kappa shape index (κ3) is 6.38. The van der Waals surface area contributed by atoms with Crippen LogP contribution in [-0.4, -0.2) is 83.5 Å². The minimum Gasteiger partial charge on any atom is -0.370 e. The Hall–Kier alpha value is -1.50. The van der Waals surface area contributed by atoms with Crippen LogP contribution in [0, 0.1) is 11.8 Å². The van der Waals surface area contributed by atoms with E-state index >= 15 is 0 Å². The zero-order valence-electron chi connectivity index (χ0n) is 22.2. The zero-order chi connectivity index (χ0) is 24.1. The Balaban J connectivity index is 1.43. The van der Waals surface area contributed by atoms with E-state index in [4.69, 9.17) is 16.5 Å². The Kier molecular flexibility index (Phi) is 9.00. The quantitative estimate of drug-likeness (QED) is 0.478. The van der Waals surface area contributed by atoms with Crippen molar-refractivity contribution in [2.75, 3.05) is 32.7 Å². The van der Waals surface area contributed by atoms with Gasteiger partial charge in [0.25, 0.3) is 0 Å². The molecule has 7 nitrogen and oxygen atoms in total. The van der Waals surface area contributed by atoms with Gasteiger partial charge in [-0.15, -0.1) is 0 Å². The Morgan fingerprint density at radius 1 is 0.971 bits per heavy atom. The van der Waals surface area contributed by atoms with Crippen LogP contribution in [0.1, 0.15) is 91.4 Å². The number of nitrogens with two attached hydrogens (primary N) is 2. The minimum absolute atomic E-state index is 0.380. The third-order valence-corrected chi connectivity index (χ3v) is 8.70. The van der Waals surface area contributed by atoms with E-state index < -0.39 is 0 Å². The Labute approximate surface area is 208 Å². The predicted octanol–water partition coefficient (Wildman–Crippen LogP) is 3.63. The van der Waals surface area contributed by atoms with Gasteiger partial charge in [-0.1, -0.05) is 59.3 Å². The lowest BCUT2D eigenvalue weighted by Gasteiger charge is -2.39. The van der Waals surface area contributed by atoms with Gasteiger partial charge in [-0.3, -0.25) is 9.89 Å². The lowest BCUT2D eigenvalue weighted by atomic mass is 9.84. The monoisotopic (exact) mass is 473 g/mol. The van der Waals surface area contributed by atoms with Crippen molar-refractivity contribution >= 4 is 11.9 Å². The van der Waals surface area contributed by atoms with Crippen molar-refractivity contribution in [3.63, 3.8) is 0 Å². The zero-order valence-corrected chi connectivity index (χ0v) is 22.2. The van der Waals surface area contributed by atoms with Crippen LogP contribution in [0.4, 0.5) is 0 Å². The molecule has 4 aliphatic rings. The van der Waals surface area contributed by atoms with Crippen LogP contribution in [0.15, 0.2) is 9.98 Å². The first kappa shape index (κ1) is 25.6. The number of likely N-dealkylation sites (tertiary alicyclic amines) is 1. The summed E-state index contributed by atoms with van der Waals surface area (Å²) in [5.74, 6) is 3.06. The molecule has 0 spiro atoms. The summed E-state index contributed by atoms with van der Waals surface area (Å²) in [6.45, 7) is 12.0. The molecule has 1 saturated carbocycles. The van der Waals surface area contributed by atoms with Crippen LogP contribution >= 0.6 is 0 Å². The van der Waals surface area contributed by atoms with Crippen LogP contribution in [0.25, 0.3) is 0 Å². The summed E-state index contributed by atoms with van der Waals surface area (Å²) >= 11 is 0. The summed E-state index contributed by atoms with van der Waals surface area (Å²) < 4.78 is 0. The molecular weight excluding hydrogens is 422 g/mol. The van der Waals surface area contributed by atoms with Gasteiger partial charge in [0.1, 0.15) is 0 Å². The van der Waals surface area contributed by atoms with E-state index in [9.17, 15) is 0 Å².